The van der Waals surface area contributed by atoms with Crippen LogP contribution >= 0.6 is 11.3 Å². The van der Waals surface area contributed by atoms with Gasteiger partial charge in [0, 0.05) is 0 Å². The lowest BCUT2D eigenvalue weighted by Crippen LogP contribution is -2.07. The van der Waals surface area contributed by atoms with Crippen LogP contribution in [0.4, 0.5) is 0 Å². The van der Waals surface area contributed by atoms with E-state index >= 15 is 0 Å². The first-order valence-corrected chi connectivity index (χ1v) is 8.27. The van der Waals surface area contributed by atoms with E-state index in [0.717, 1.165) is 33.6 Å². The Morgan fingerprint density at radius 2 is 1.95 bits per heavy atom. The lowest BCUT2D eigenvalue weighted by molar-refractivity contribution is 0.197. The number of fused-ring (bicyclic) bond motifs is 1. The fourth-order valence-corrected chi connectivity index (χ4v) is 3.47. The molecule has 0 N–H and O–H groups in total. The molecule has 0 radical (unpaired) electrons. The van der Waals surface area contributed by atoms with Gasteiger partial charge < -0.3 is 4.74 Å². The van der Waals surface area contributed by atoms with E-state index < -0.39 is 0 Å². The van der Waals surface area contributed by atoms with Gasteiger partial charge >= 0.3 is 0 Å². The molecular weight excluding hydrogens is 290 g/mol. The molecule has 1 unspecified atom stereocenters. The van der Waals surface area contributed by atoms with Gasteiger partial charge in [0.05, 0.1) is 4.70 Å². The van der Waals surface area contributed by atoms with Crippen LogP contribution in [0.25, 0.3) is 10.1 Å². The summed E-state index contributed by atoms with van der Waals surface area (Å²) in [6.07, 6.45) is 2.07. The van der Waals surface area contributed by atoms with Gasteiger partial charge in [0.1, 0.15) is 22.8 Å². The Bertz CT molecular complexity index is 801. The lowest BCUT2D eigenvalue weighted by atomic mass is 10.1. The Hall–Kier alpha value is -2.31. The van der Waals surface area contributed by atoms with Crippen LogP contribution in [0.1, 0.15) is 36.3 Å². The van der Waals surface area contributed by atoms with E-state index in [1.807, 2.05) is 42.5 Å². The van der Waals surface area contributed by atoms with Crippen LogP contribution in [0.2, 0.25) is 0 Å². The second kappa shape index (κ2) is 6.64. The number of thiophene rings is 1. The molecule has 2 nitrogen and oxygen atoms in total. The minimum Gasteiger partial charge on any atom is -0.484 e. The van der Waals surface area contributed by atoms with Crippen molar-refractivity contribution in [1.82, 2.24) is 0 Å². The van der Waals surface area contributed by atoms with Crippen molar-refractivity contribution < 1.29 is 4.74 Å². The number of nitriles is 1. The zero-order valence-electron chi connectivity index (χ0n) is 12.5. The van der Waals surface area contributed by atoms with Crippen molar-refractivity contribution in [2.24, 2.45) is 0 Å². The summed E-state index contributed by atoms with van der Waals surface area (Å²) in [6, 6.07) is 20.5. The third-order valence-corrected chi connectivity index (χ3v) is 4.68. The van der Waals surface area contributed by atoms with Gasteiger partial charge in [-0.2, -0.15) is 5.26 Å². The molecule has 3 heteroatoms. The molecule has 1 atom stereocenters. The summed E-state index contributed by atoms with van der Waals surface area (Å²) in [4.78, 5) is 0.720. The second-order valence-corrected chi connectivity index (χ2v) is 6.26. The van der Waals surface area contributed by atoms with E-state index in [1.165, 1.54) is 16.9 Å². The number of benzene rings is 2. The van der Waals surface area contributed by atoms with Gasteiger partial charge in [0.2, 0.25) is 0 Å². The fourth-order valence-electron chi connectivity index (χ4n) is 2.56. The smallest absolute Gasteiger partial charge is 0.138 e. The highest BCUT2D eigenvalue weighted by molar-refractivity contribution is 7.19. The van der Waals surface area contributed by atoms with Crippen LogP contribution in [0.3, 0.4) is 0 Å². The summed E-state index contributed by atoms with van der Waals surface area (Å²) >= 11 is 1.49. The Labute approximate surface area is 134 Å². The average molecular weight is 307 g/mol. The molecule has 0 bridgehead atoms. The van der Waals surface area contributed by atoms with Crippen LogP contribution in [0.5, 0.6) is 5.75 Å². The van der Waals surface area contributed by atoms with Crippen LogP contribution in [0.15, 0.2) is 54.6 Å². The molecule has 3 aromatic rings. The molecule has 2 aromatic carbocycles. The number of rotatable bonds is 5. The third kappa shape index (κ3) is 2.98. The molecule has 0 saturated heterocycles. The standard InChI is InChI=1S/C19H17NOS/c1-2-7-17(14-8-4-3-5-9-14)21-18-11-6-10-15-12-16(13-20)22-19(15)18/h3-6,8-12,17H,2,7H2,1H3. The Balaban J connectivity index is 1.96. The molecule has 0 aliphatic rings. The van der Waals surface area contributed by atoms with Crippen molar-refractivity contribution in [2.45, 2.75) is 25.9 Å². The zero-order valence-corrected chi connectivity index (χ0v) is 13.3. The molecule has 0 aliphatic heterocycles. The number of nitrogens with zero attached hydrogens (tertiary/aromatic N) is 1. The van der Waals surface area contributed by atoms with Gasteiger partial charge in [-0.05, 0) is 29.5 Å². The van der Waals surface area contributed by atoms with E-state index in [4.69, 9.17) is 10.00 Å². The van der Waals surface area contributed by atoms with Crippen molar-refractivity contribution in [3.63, 3.8) is 0 Å². The van der Waals surface area contributed by atoms with Crippen molar-refractivity contribution >= 4 is 21.4 Å². The molecule has 0 saturated carbocycles. The predicted molar refractivity (Wildman–Crippen MR) is 91.3 cm³/mol. The first-order valence-electron chi connectivity index (χ1n) is 7.46. The first-order chi connectivity index (χ1) is 10.8. The van der Waals surface area contributed by atoms with E-state index in [9.17, 15) is 0 Å². The molecule has 0 spiro atoms. The van der Waals surface area contributed by atoms with Crippen LogP contribution in [-0.4, -0.2) is 0 Å². The van der Waals surface area contributed by atoms with Crippen molar-refractivity contribution in [1.29, 1.82) is 5.26 Å². The van der Waals surface area contributed by atoms with Crippen LogP contribution in [0, 0.1) is 11.3 Å². The van der Waals surface area contributed by atoms with Crippen molar-refractivity contribution in [2.75, 3.05) is 0 Å². The van der Waals surface area contributed by atoms with Crippen LogP contribution < -0.4 is 4.74 Å². The van der Waals surface area contributed by atoms with Crippen molar-refractivity contribution in [3.8, 4) is 11.8 Å². The maximum absolute atomic E-state index is 9.09. The maximum Gasteiger partial charge on any atom is 0.138 e. The summed E-state index contributed by atoms with van der Waals surface area (Å²) in [7, 11) is 0. The monoisotopic (exact) mass is 307 g/mol. The zero-order chi connectivity index (χ0) is 15.4. The Morgan fingerprint density at radius 3 is 2.68 bits per heavy atom. The van der Waals surface area contributed by atoms with E-state index in [-0.39, 0.29) is 6.10 Å². The maximum atomic E-state index is 9.09. The molecule has 3 rings (SSSR count). The number of ether oxygens (including phenoxy) is 1. The molecule has 0 amide bonds. The quantitative estimate of drug-likeness (QED) is 0.606. The summed E-state index contributed by atoms with van der Waals surface area (Å²) < 4.78 is 7.36. The summed E-state index contributed by atoms with van der Waals surface area (Å²) in [5.74, 6) is 0.867. The van der Waals surface area contributed by atoms with E-state index in [0.29, 0.717) is 0 Å². The molecule has 0 aliphatic carbocycles. The molecular formula is C19H17NOS. The highest BCUT2D eigenvalue weighted by Crippen LogP contribution is 2.36. The highest BCUT2D eigenvalue weighted by Gasteiger charge is 2.15. The normalized spacial score (nSPS) is 12.0. The topological polar surface area (TPSA) is 33.0 Å². The first kappa shape index (κ1) is 14.6. The number of hydrogen-bond donors (Lipinski definition) is 0. The van der Waals surface area contributed by atoms with Gasteiger partial charge in [0.15, 0.2) is 0 Å². The van der Waals surface area contributed by atoms with E-state index in [1.54, 1.807) is 0 Å². The summed E-state index contributed by atoms with van der Waals surface area (Å²) in [5, 5.41) is 10.2. The third-order valence-electron chi connectivity index (χ3n) is 3.61. The van der Waals surface area contributed by atoms with Crippen LogP contribution in [-0.2, 0) is 0 Å². The van der Waals surface area contributed by atoms with Gasteiger partial charge in [-0.3, -0.25) is 0 Å². The lowest BCUT2D eigenvalue weighted by Gasteiger charge is -2.19. The number of hydrogen-bond acceptors (Lipinski definition) is 3. The Kier molecular flexibility index (Phi) is 4.41. The summed E-state index contributed by atoms with van der Waals surface area (Å²) in [6.45, 7) is 2.17. The molecule has 1 aromatic heterocycles. The van der Waals surface area contributed by atoms with Gasteiger partial charge in [0.25, 0.3) is 0 Å². The second-order valence-electron chi connectivity index (χ2n) is 5.20. The molecule has 0 fully saturated rings. The average Bonchev–Trinajstić information content (AvgIpc) is 2.99. The fraction of sp³-hybridized carbons (Fsp3) is 0.211. The summed E-state index contributed by atoms with van der Waals surface area (Å²) in [5.41, 5.74) is 1.19. The minimum atomic E-state index is 0.0458. The predicted octanol–water partition coefficient (Wildman–Crippen LogP) is 5.69. The van der Waals surface area contributed by atoms with Crippen molar-refractivity contribution in [3.05, 3.63) is 65.0 Å². The highest BCUT2D eigenvalue weighted by atomic mass is 32.1. The molecule has 22 heavy (non-hydrogen) atoms. The van der Waals surface area contributed by atoms with Gasteiger partial charge in [-0.1, -0.05) is 55.8 Å². The van der Waals surface area contributed by atoms with Gasteiger partial charge in [-0.25, -0.2) is 0 Å². The SMILES string of the molecule is CCCC(Oc1cccc2cc(C#N)sc12)c1ccccc1. The molecule has 1 heterocycles. The van der Waals surface area contributed by atoms with Gasteiger partial charge in [-0.15, -0.1) is 11.3 Å². The minimum absolute atomic E-state index is 0.0458. The Morgan fingerprint density at radius 1 is 1.14 bits per heavy atom. The van der Waals surface area contributed by atoms with E-state index in [2.05, 4.69) is 25.1 Å². The largest absolute Gasteiger partial charge is 0.484 e. The molecule has 110 valence electrons.